The Morgan fingerprint density at radius 1 is 1.33 bits per heavy atom. The maximum Gasteiger partial charge on any atom is 0.0413 e. The van der Waals surface area contributed by atoms with Gasteiger partial charge in [0, 0.05) is 23.2 Å². The van der Waals surface area contributed by atoms with Gasteiger partial charge in [0.25, 0.3) is 0 Å². The van der Waals surface area contributed by atoms with E-state index in [1.165, 1.54) is 10.4 Å². The van der Waals surface area contributed by atoms with Crippen molar-refractivity contribution in [2.75, 3.05) is 12.8 Å². The molecule has 2 N–H and O–H groups in total. The summed E-state index contributed by atoms with van der Waals surface area (Å²) in [6.07, 6.45) is 0. The molecule has 96 valence electrons. The van der Waals surface area contributed by atoms with Gasteiger partial charge in [-0.15, -0.1) is 11.3 Å². The highest BCUT2D eigenvalue weighted by atomic mass is 32.1. The van der Waals surface area contributed by atoms with Crippen molar-refractivity contribution in [2.45, 2.75) is 26.4 Å². The Labute approximate surface area is 113 Å². The Morgan fingerprint density at radius 2 is 2.11 bits per heavy atom. The quantitative estimate of drug-likeness (QED) is 0.846. The van der Waals surface area contributed by atoms with E-state index in [4.69, 9.17) is 5.73 Å². The number of benzene rings is 1. The van der Waals surface area contributed by atoms with Gasteiger partial charge in [0.2, 0.25) is 0 Å². The van der Waals surface area contributed by atoms with Crippen molar-refractivity contribution in [1.82, 2.24) is 4.90 Å². The van der Waals surface area contributed by atoms with Crippen molar-refractivity contribution in [3.05, 3.63) is 51.7 Å². The molecular formula is C15H20N2S. The summed E-state index contributed by atoms with van der Waals surface area (Å²) < 4.78 is 0. The average molecular weight is 260 g/mol. The minimum absolute atomic E-state index is 0.447. The monoisotopic (exact) mass is 260 g/mol. The maximum absolute atomic E-state index is 5.84. The first-order chi connectivity index (χ1) is 8.58. The molecule has 1 aromatic heterocycles. The van der Waals surface area contributed by atoms with Crippen molar-refractivity contribution in [1.29, 1.82) is 0 Å². The van der Waals surface area contributed by atoms with Gasteiger partial charge in [-0.3, -0.25) is 4.90 Å². The molecule has 0 amide bonds. The van der Waals surface area contributed by atoms with Gasteiger partial charge in [-0.05, 0) is 49.5 Å². The molecule has 2 nitrogen and oxygen atoms in total. The Balaban J connectivity index is 2.06. The van der Waals surface area contributed by atoms with Crippen LogP contribution in [0.2, 0.25) is 0 Å². The highest BCUT2D eigenvalue weighted by molar-refractivity contribution is 7.10. The predicted molar refractivity (Wildman–Crippen MR) is 79.8 cm³/mol. The summed E-state index contributed by atoms with van der Waals surface area (Å²) in [4.78, 5) is 3.77. The molecule has 2 aromatic rings. The third-order valence-corrected chi connectivity index (χ3v) is 4.42. The number of rotatable bonds is 4. The molecule has 0 aliphatic carbocycles. The largest absolute Gasteiger partial charge is 0.399 e. The fourth-order valence-corrected chi connectivity index (χ4v) is 2.86. The molecular weight excluding hydrogens is 240 g/mol. The molecule has 0 aliphatic heterocycles. The molecule has 0 saturated heterocycles. The Kier molecular flexibility index (Phi) is 4.04. The normalized spacial score (nSPS) is 12.9. The van der Waals surface area contributed by atoms with E-state index in [1.807, 2.05) is 17.4 Å². The smallest absolute Gasteiger partial charge is 0.0413 e. The van der Waals surface area contributed by atoms with Crippen LogP contribution in [0.4, 0.5) is 5.69 Å². The second-order valence-electron chi connectivity index (χ2n) is 4.80. The highest BCUT2D eigenvalue weighted by Gasteiger charge is 2.12. The zero-order valence-corrected chi connectivity index (χ0v) is 12.0. The SMILES string of the molecule is Cc1cc(CN(C)C(C)c2cccs2)ccc1N. The van der Waals surface area contributed by atoms with Crippen LogP contribution in [-0.2, 0) is 6.54 Å². The lowest BCUT2D eigenvalue weighted by Crippen LogP contribution is -2.21. The second-order valence-corrected chi connectivity index (χ2v) is 5.78. The zero-order chi connectivity index (χ0) is 13.1. The van der Waals surface area contributed by atoms with E-state index in [0.717, 1.165) is 17.8 Å². The summed E-state index contributed by atoms with van der Waals surface area (Å²) in [6, 6.07) is 11.0. The van der Waals surface area contributed by atoms with Gasteiger partial charge in [-0.2, -0.15) is 0 Å². The summed E-state index contributed by atoms with van der Waals surface area (Å²) >= 11 is 1.81. The summed E-state index contributed by atoms with van der Waals surface area (Å²) in [5, 5.41) is 2.13. The molecule has 2 rings (SSSR count). The van der Waals surface area contributed by atoms with Crippen LogP contribution in [0, 0.1) is 6.92 Å². The van der Waals surface area contributed by atoms with Crippen LogP contribution < -0.4 is 5.73 Å². The number of aryl methyl sites for hydroxylation is 1. The van der Waals surface area contributed by atoms with Gasteiger partial charge in [-0.1, -0.05) is 18.2 Å². The minimum atomic E-state index is 0.447. The molecule has 0 saturated carbocycles. The van der Waals surface area contributed by atoms with E-state index in [9.17, 15) is 0 Å². The molecule has 0 spiro atoms. The summed E-state index contributed by atoms with van der Waals surface area (Å²) in [6.45, 7) is 5.25. The molecule has 1 unspecified atom stereocenters. The summed E-state index contributed by atoms with van der Waals surface area (Å²) in [7, 11) is 2.16. The van der Waals surface area contributed by atoms with Crippen molar-refractivity contribution in [3.8, 4) is 0 Å². The van der Waals surface area contributed by atoms with E-state index in [-0.39, 0.29) is 0 Å². The number of thiophene rings is 1. The number of nitrogens with two attached hydrogens (primary N) is 1. The molecule has 1 heterocycles. The molecule has 18 heavy (non-hydrogen) atoms. The summed E-state index contributed by atoms with van der Waals surface area (Å²) in [5.74, 6) is 0. The van der Waals surface area contributed by atoms with Gasteiger partial charge in [0.15, 0.2) is 0 Å². The van der Waals surface area contributed by atoms with Crippen molar-refractivity contribution < 1.29 is 0 Å². The van der Waals surface area contributed by atoms with Gasteiger partial charge in [0.05, 0.1) is 0 Å². The standard InChI is InChI=1S/C15H20N2S/c1-11-9-13(6-7-14(11)16)10-17(3)12(2)15-5-4-8-18-15/h4-9,12H,10,16H2,1-3H3. The summed E-state index contributed by atoms with van der Waals surface area (Å²) in [5.41, 5.74) is 9.18. The van der Waals surface area contributed by atoms with E-state index in [1.54, 1.807) is 0 Å². The van der Waals surface area contributed by atoms with Crippen LogP contribution in [0.3, 0.4) is 0 Å². The Morgan fingerprint density at radius 3 is 2.72 bits per heavy atom. The van der Waals surface area contributed by atoms with Gasteiger partial charge in [-0.25, -0.2) is 0 Å². The topological polar surface area (TPSA) is 29.3 Å². The molecule has 0 fully saturated rings. The van der Waals surface area contributed by atoms with Crippen molar-refractivity contribution >= 4 is 17.0 Å². The number of nitrogen functional groups attached to an aromatic ring is 1. The van der Waals surface area contributed by atoms with Crippen molar-refractivity contribution in [2.24, 2.45) is 0 Å². The van der Waals surface area contributed by atoms with Crippen LogP contribution in [0.5, 0.6) is 0 Å². The van der Waals surface area contributed by atoms with Crippen LogP contribution in [-0.4, -0.2) is 11.9 Å². The van der Waals surface area contributed by atoms with Crippen LogP contribution in [0.15, 0.2) is 35.7 Å². The van der Waals surface area contributed by atoms with Gasteiger partial charge >= 0.3 is 0 Å². The van der Waals surface area contributed by atoms with E-state index < -0.39 is 0 Å². The lowest BCUT2D eigenvalue weighted by atomic mass is 10.1. The van der Waals surface area contributed by atoms with Crippen LogP contribution >= 0.6 is 11.3 Å². The van der Waals surface area contributed by atoms with E-state index >= 15 is 0 Å². The third kappa shape index (κ3) is 2.92. The second kappa shape index (κ2) is 5.55. The van der Waals surface area contributed by atoms with Crippen LogP contribution in [0.25, 0.3) is 0 Å². The lowest BCUT2D eigenvalue weighted by molar-refractivity contribution is 0.256. The first-order valence-corrected chi connectivity index (χ1v) is 7.04. The van der Waals surface area contributed by atoms with Gasteiger partial charge in [0.1, 0.15) is 0 Å². The number of hydrogen-bond donors (Lipinski definition) is 1. The Bertz CT molecular complexity index is 505. The van der Waals surface area contributed by atoms with Crippen LogP contribution in [0.1, 0.15) is 29.0 Å². The molecule has 0 aliphatic rings. The van der Waals surface area contributed by atoms with Crippen molar-refractivity contribution in [3.63, 3.8) is 0 Å². The van der Waals surface area contributed by atoms with E-state index in [0.29, 0.717) is 6.04 Å². The fourth-order valence-electron chi connectivity index (χ4n) is 2.01. The first kappa shape index (κ1) is 13.1. The lowest BCUT2D eigenvalue weighted by Gasteiger charge is -2.24. The Hall–Kier alpha value is -1.32. The number of hydrogen-bond acceptors (Lipinski definition) is 3. The molecule has 3 heteroatoms. The molecule has 1 aromatic carbocycles. The maximum atomic E-state index is 5.84. The average Bonchev–Trinajstić information content (AvgIpc) is 2.86. The first-order valence-electron chi connectivity index (χ1n) is 6.16. The minimum Gasteiger partial charge on any atom is -0.399 e. The number of nitrogens with zero attached hydrogens (tertiary/aromatic N) is 1. The number of anilines is 1. The third-order valence-electron chi connectivity index (χ3n) is 3.38. The zero-order valence-electron chi connectivity index (χ0n) is 11.2. The molecule has 1 atom stereocenters. The highest BCUT2D eigenvalue weighted by Crippen LogP contribution is 2.25. The predicted octanol–water partition coefficient (Wildman–Crippen LogP) is 3.83. The molecule has 0 radical (unpaired) electrons. The van der Waals surface area contributed by atoms with Gasteiger partial charge < -0.3 is 5.73 Å². The van der Waals surface area contributed by atoms with E-state index in [2.05, 4.69) is 55.4 Å². The fraction of sp³-hybridized carbons (Fsp3) is 0.333. The molecule has 0 bridgehead atoms.